The van der Waals surface area contributed by atoms with Gasteiger partial charge in [0.1, 0.15) is 5.75 Å². The Hall–Kier alpha value is -2.75. The summed E-state index contributed by atoms with van der Waals surface area (Å²) in [6.45, 7) is 4.23. The lowest BCUT2D eigenvalue weighted by atomic mass is 9.79. The van der Waals surface area contributed by atoms with E-state index in [0.717, 1.165) is 23.6 Å². The zero-order valence-electron chi connectivity index (χ0n) is 14.8. The van der Waals surface area contributed by atoms with Gasteiger partial charge in [-0.05, 0) is 48.2 Å². The molecular weight excluding hydrogens is 314 g/mol. The van der Waals surface area contributed by atoms with Crippen molar-refractivity contribution in [3.8, 4) is 17.2 Å². The molecule has 0 unspecified atom stereocenters. The second-order valence-electron chi connectivity index (χ2n) is 7.06. The summed E-state index contributed by atoms with van der Waals surface area (Å²) >= 11 is 0. The van der Waals surface area contributed by atoms with E-state index in [0.29, 0.717) is 17.9 Å². The third kappa shape index (κ3) is 4.41. The van der Waals surface area contributed by atoms with Crippen molar-refractivity contribution in [2.45, 2.75) is 26.7 Å². The molecule has 0 saturated carbocycles. The maximum atomic E-state index is 11.8. The summed E-state index contributed by atoms with van der Waals surface area (Å²) in [5.74, 6) is 2.27. The van der Waals surface area contributed by atoms with Gasteiger partial charge in [0.25, 0.3) is 0 Å². The van der Waals surface area contributed by atoms with Crippen molar-refractivity contribution in [2.75, 3.05) is 12.4 Å². The minimum absolute atomic E-state index is 0.00107. The summed E-state index contributed by atoms with van der Waals surface area (Å²) in [5.41, 5.74) is 1.89. The number of para-hydroxylation sites is 2. The van der Waals surface area contributed by atoms with Crippen LogP contribution in [0.2, 0.25) is 0 Å². The Bertz CT molecular complexity index is 791. The van der Waals surface area contributed by atoms with Crippen molar-refractivity contribution in [3.05, 3.63) is 60.3 Å². The van der Waals surface area contributed by atoms with E-state index in [4.69, 9.17) is 9.47 Å². The first-order valence-electron chi connectivity index (χ1n) is 8.37. The number of rotatable bonds is 5. The quantitative estimate of drug-likeness (QED) is 0.817. The van der Waals surface area contributed by atoms with Crippen molar-refractivity contribution >= 4 is 11.5 Å². The van der Waals surface area contributed by atoms with E-state index in [1.807, 2.05) is 48.5 Å². The number of anilines is 1. The molecule has 130 valence electrons. The van der Waals surface area contributed by atoms with E-state index in [1.54, 1.807) is 13.2 Å². The third-order valence-corrected chi connectivity index (χ3v) is 4.11. The van der Waals surface area contributed by atoms with Gasteiger partial charge in [-0.2, -0.15) is 0 Å². The van der Waals surface area contributed by atoms with Gasteiger partial charge < -0.3 is 14.8 Å². The van der Waals surface area contributed by atoms with Crippen molar-refractivity contribution in [2.24, 2.45) is 5.41 Å². The van der Waals surface area contributed by atoms with Gasteiger partial charge in [-0.25, -0.2) is 0 Å². The van der Waals surface area contributed by atoms with Crippen LogP contribution >= 0.6 is 0 Å². The van der Waals surface area contributed by atoms with Crippen molar-refractivity contribution in [1.82, 2.24) is 0 Å². The van der Waals surface area contributed by atoms with Crippen LogP contribution in [-0.2, 0) is 4.79 Å². The number of carbonyl (C=O) groups excluding carboxylic acids is 1. The molecular formula is C21H23NO3. The molecule has 1 N–H and O–H groups in total. The van der Waals surface area contributed by atoms with Gasteiger partial charge in [0.2, 0.25) is 0 Å². The van der Waals surface area contributed by atoms with Crippen LogP contribution in [0.3, 0.4) is 0 Å². The van der Waals surface area contributed by atoms with E-state index >= 15 is 0 Å². The lowest BCUT2D eigenvalue weighted by Gasteiger charge is -2.29. The SMILES string of the molecule is COc1ccccc1Oc1ccc(NC2=CC(=O)CC(C)(C)C2)cc1. The van der Waals surface area contributed by atoms with Crippen molar-refractivity contribution in [1.29, 1.82) is 0 Å². The van der Waals surface area contributed by atoms with Crippen LogP contribution in [0, 0.1) is 5.41 Å². The molecule has 0 amide bonds. The highest BCUT2D eigenvalue weighted by Crippen LogP contribution is 2.35. The Kier molecular flexibility index (Phi) is 4.79. The Balaban J connectivity index is 1.69. The Morgan fingerprint density at radius 2 is 1.64 bits per heavy atom. The molecule has 0 bridgehead atoms. The maximum absolute atomic E-state index is 11.8. The average molecular weight is 337 g/mol. The minimum atomic E-state index is 0.00107. The number of hydrogen-bond donors (Lipinski definition) is 1. The Morgan fingerprint density at radius 1 is 0.960 bits per heavy atom. The molecule has 0 atom stereocenters. The van der Waals surface area contributed by atoms with Crippen molar-refractivity contribution < 1.29 is 14.3 Å². The lowest BCUT2D eigenvalue weighted by Crippen LogP contribution is -2.24. The van der Waals surface area contributed by atoms with Crippen LogP contribution in [0.4, 0.5) is 5.69 Å². The molecule has 25 heavy (non-hydrogen) atoms. The van der Waals surface area contributed by atoms with Gasteiger partial charge in [0.15, 0.2) is 17.3 Å². The van der Waals surface area contributed by atoms with Crippen LogP contribution < -0.4 is 14.8 Å². The first-order valence-corrected chi connectivity index (χ1v) is 8.37. The molecule has 0 radical (unpaired) electrons. The summed E-state index contributed by atoms with van der Waals surface area (Å²) in [5, 5.41) is 3.34. The van der Waals surface area contributed by atoms with Gasteiger partial charge in [0, 0.05) is 23.9 Å². The largest absolute Gasteiger partial charge is 0.493 e. The van der Waals surface area contributed by atoms with E-state index < -0.39 is 0 Å². The third-order valence-electron chi connectivity index (χ3n) is 4.11. The summed E-state index contributed by atoms with van der Waals surface area (Å²) < 4.78 is 11.2. The molecule has 4 heteroatoms. The number of ketones is 1. The molecule has 0 fully saturated rings. The highest BCUT2D eigenvalue weighted by atomic mass is 16.5. The average Bonchev–Trinajstić information content (AvgIpc) is 2.55. The molecule has 0 aromatic heterocycles. The lowest BCUT2D eigenvalue weighted by molar-refractivity contribution is -0.117. The molecule has 0 heterocycles. The summed E-state index contributed by atoms with van der Waals surface area (Å²) in [7, 11) is 1.62. The smallest absolute Gasteiger partial charge is 0.169 e. The van der Waals surface area contributed by atoms with Crippen LogP contribution in [0.1, 0.15) is 26.7 Å². The number of carbonyl (C=O) groups is 1. The van der Waals surface area contributed by atoms with Crippen LogP contribution in [0.15, 0.2) is 60.3 Å². The molecule has 1 aliphatic rings. The molecule has 2 aromatic carbocycles. The first-order chi connectivity index (χ1) is 11.9. The zero-order chi connectivity index (χ0) is 17.9. The normalized spacial score (nSPS) is 16.1. The maximum Gasteiger partial charge on any atom is 0.169 e. The molecule has 0 aliphatic heterocycles. The van der Waals surface area contributed by atoms with Crippen LogP contribution in [0.25, 0.3) is 0 Å². The second-order valence-corrected chi connectivity index (χ2v) is 7.06. The number of methoxy groups -OCH3 is 1. The highest BCUT2D eigenvalue weighted by molar-refractivity contribution is 5.92. The summed E-state index contributed by atoms with van der Waals surface area (Å²) in [6.07, 6.45) is 3.17. The predicted octanol–water partition coefficient (Wildman–Crippen LogP) is 5.17. The number of benzene rings is 2. The summed E-state index contributed by atoms with van der Waals surface area (Å²) in [4.78, 5) is 11.8. The molecule has 2 aromatic rings. The van der Waals surface area contributed by atoms with Gasteiger partial charge in [-0.3, -0.25) is 4.79 Å². The van der Waals surface area contributed by atoms with E-state index in [1.165, 1.54) is 0 Å². The summed E-state index contributed by atoms with van der Waals surface area (Å²) in [6, 6.07) is 15.2. The zero-order valence-corrected chi connectivity index (χ0v) is 14.8. The minimum Gasteiger partial charge on any atom is -0.493 e. The first kappa shape index (κ1) is 17.1. The topological polar surface area (TPSA) is 47.6 Å². The predicted molar refractivity (Wildman–Crippen MR) is 99.2 cm³/mol. The number of ether oxygens (including phenoxy) is 2. The monoisotopic (exact) mass is 337 g/mol. The van der Waals surface area contributed by atoms with E-state index in [-0.39, 0.29) is 11.2 Å². The molecule has 4 nitrogen and oxygen atoms in total. The highest BCUT2D eigenvalue weighted by Gasteiger charge is 2.27. The fourth-order valence-electron chi connectivity index (χ4n) is 3.05. The van der Waals surface area contributed by atoms with Crippen LogP contribution in [-0.4, -0.2) is 12.9 Å². The van der Waals surface area contributed by atoms with Crippen molar-refractivity contribution in [3.63, 3.8) is 0 Å². The molecule has 0 spiro atoms. The molecule has 1 aliphatic carbocycles. The van der Waals surface area contributed by atoms with Gasteiger partial charge >= 0.3 is 0 Å². The Labute approximate surface area is 148 Å². The second kappa shape index (κ2) is 7.01. The number of allylic oxidation sites excluding steroid dienone is 2. The van der Waals surface area contributed by atoms with Gasteiger partial charge in [-0.1, -0.05) is 26.0 Å². The van der Waals surface area contributed by atoms with E-state index in [9.17, 15) is 4.79 Å². The standard InChI is InChI=1S/C21H23NO3/c1-21(2)13-16(12-17(23)14-21)22-15-8-10-18(11-9-15)25-20-7-5-4-6-19(20)24-3/h4-12,22H,13-14H2,1-3H3. The van der Waals surface area contributed by atoms with Gasteiger partial charge in [-0.15, -0.1) is 0 Å². The number of nitrogens with one attached hydrogen (secondary N) is 1. The number of hydrogen-bond acceptors (Lipinski definition) is 4. The van der Waals surface area contributed by atoms with Gasteiger partial charge in [0.05, 0.1) is 7.11 Å². The fraction of sp³-hybridized carbons (Fsp3) is 0.286. The van der Waals surface area contributed by atoms with E-state index in [2.05, 4.69) is 19.2 Å². The fourth-order valence-corrected chi connectivity index (χ4v) is 3.05. The molecule has 0 saturated heterocycles. The molecule has 3 rings (SSSR count). The van der Waals surface area contributed by atoms with Crippen LogP contribution in [0.5, 0.6) is 17.2 Å². The Morgan fingerprint density at radius 3 is 2.28 bits per heavy atom.